The Morgan fingerprint density at radius 1 is 1.53 bits per heavy atom. The summed E-state index contributed by atoms with van der Waals surface area (Å²) in [5, 5.41) is 10.8. The number of aliphatic hydroxyl groups excluding tert-OH is 1. The van der Waals surface area contributed by atoms with Gasteiger partial charge in [0.25, 0.3) is 0 Å². The van der Waals surface area contributed by atoms with E-state index in [-0.39, 0.29) is 6.10 Å². The Morgan fingerprint density at radius 3 is 2.88 bits per heavy atom. The summed E-state index contributed by atoms with van der Waals surface area (Å²) in [5.41, 5.74) is 0. The van der Waals surface area contributed by atoms with Crippen LogP contribution in [0.25, 0.3) is 0 Å². The van der Waals surface area contributed by atoms with Gasteiger partial charge in [0.1, 0.15) is 0 Å². The van der Waals surface area contributed by atoms with Crippen LogP contribution in [0.3, 0.4) is 0 Å². The molecule has 0 saturated heterocycles. The Morgan fingerprint density at radius 2 is 2.29 bits per heavy atom. The summed E-state index contributed by atoms with van der Waals surface area (Å²) >= 11 is 7.53. The van der Waals surface area contributed by atoms with E-state index in [1.807, 2.05) is 24.3 Å². The highest BCUT2D eigenvalue weighted by atomic mass is 35.5. The molecule has 0 spiro atoms. The van der Waals surface area contributed by atoms with Crippen LogP contribution in [0.1, 0.15) is 12.8 Å². The molecule has 1 saturated carbocycles. The summed E-state index contributed by atoms with van der Waals surface area (Å²) in [6.45, 7) is 0. The van der Waals surface area contributed by atoms with E-state index in [1.165, 1.54) is 12.8 Å². The second-order valence-corrected chi connectivity index (χ2v) is 5.90. The van der Waals surface area contributed by atoms with Crippen molar-refractivity contribution < 1.29 is 9.84 Å². The van der Waals surface area contributed by atoms with Gasteiger partial charge in [-0.2, -0.15) is 0 Å². The van der Waals surface area contributed by atoms with E-state index < -0.39 is 6.10 Å². The fourth-order valence-corrected chi connectivity index (χ4v) is 3.11. The van der Waals surface area contributed by atoms with Crippen LogP contribution in [0.4, 0.5) is 0 Å². The topological polar surface area (TPSA) is 29.5 Å². The largest absolute Gasteiger partial charge is 0.390 e. The van der Waals surface area contributed by atoms with Gasteiger partial charge < -0.3 is 9.84 Å². The zero-order chi connectivity index (χ0) is 12.3. The number of hydrogen-bond donors (Lipinski definition) is 1. The Bertz CT molecular complexity index is 368. The summed E-state index contributed by atoms with van der Waals surface area (Å²) in [7, 11) is 1.68. The Labute approximate surface area is 111 Å². The van der Waals surface area contributed by atoms with E-state index in [0.29, 0.717) is 11.7 Å². The van der Waals surface area contributed by atoms with Gasteiger partial charge >= 0.3 is 0 Å². The third-order valence-electron chi connectivity index (χ3n) is 2.95. The van der Waals surface area contributed by atoms with Crippen molar-refractivity contribution in [3.8, 4) is 0 Å². The highest BCUT2D eigenvalue weighted by molar-refractivity contribution is 7.99. The number of rotatable bonds is 6. The van der Waals surface area contributed by atoms with Gasteiger partial charge in [-0.15, -0.1) is 11.8 Å². The van der Waals surface area contributed by atoms with Gasteiger partial charge in [-0.1, -0.05) is 17.7 Å². The van der Waals surface area contributed by atoms with Crippen LogP contribution in [-0.2, 0) is 4.74 Å². The standard InChI is InChI=1S/C13H17ClO2S/c1-16-13(9-5-6-9)12(15)8-17-11-4-2-3-10(14)7-11/h2-4,7,9,12-13,15H,5-6,8H2,1H3. The minimum absolute atomic E-state index is 0.0123. The van der Waals surface area contributed by atoms with Crippen molar-refractivity contribution in [2.24, 2.45) is 5.92 Å². The van der Waals surface area contributed by atoms with Crippen LogP contribution >= 0.6 is 23.4 Å². The lowest BCUT2D eigenvalue weighted by molar-refractivity contribution is -0.0127. The molecule has 0 aliphatic heterocycles. The first-order chi connectivity index (χ1) is 8.20. The molecule has 1 fully saturated rings. The monoisotopic (exact) mass is 272 g/mol. The zero-order valence-electron chi connectivity index (χ0n) is 9.80. The molecule has 17 heavy (non-hydrogen) atoms. The van der Waals surface area contributed by atoms with Crippen molar-refractivity contribution in [1.82, 2.24) is 0 Å². The predicted molar refractivity (Wildman–Crippen MR) is 71.7 cm³/mol. The number of benzene rings is 1. The average Bonchev–Trinajstić information content (AvgIpc) is 3.12. The minimum atomic E-state index is -0.406. The van der Waals surface area contributed by atoms with Crippen LogP contribution in [-0.4, -0.2) is 30.2 Å². The lowest BCUT2D eigenvalue weighted by Crippen LogP contribution is -2.31. The molecule has 0 radical (unpaired) electrons. The second-order valence-electron chi connectivity index (χ2n) is 4.37. The quantitative estimate of drug-likeness (QED) is 0.807. The van der Waals surface area contributed by atoms with Crippen molar-refractivity contribution in [2.75, 3.05) is 12.9 Å². The first-order valence-electron chi connectivity index (χ1n) is 5.80. The maximum atomic E-state index is 10.1. The van der Waals surface area contributed by atoms with Gasteiger partial charge in [0.15, 0.2) is 0 Å². The fraction of sp³-hybridized carbons (Fsp3) is 0.538. The maximum Gasteiger partial charge on any atom is 0.0898 e. The number of thioether (sulfide) groups is 1. The van der Waals surface area contributed by atoms with E-state index in [2.05, 4.69) is 0 Å². The van der Waals surface area contributed by atoms with Crippen molar-refractivity contribution in [1.29, 1.82) is 0 Å². The summed E-state index contributed by atoms with van der Waals surface area (Å²) in [6.07, 6.45) is 1.94. The molecular formula is C13H17ClO2S. The van der Waals surface area contributed by atoms with Crippen LogP contribution in [0.5, 0.6) is 0 Å². The third-order valence-corrected chi connectivity index (χ3v) is 4.29. The number of hydrogen-bond acceptors (Lipinski definition) is 3. The fourth-order valence-electron chi connectivity index (χ4n) is 1.92. The van der Waals surface area contributed by atoms with Crippen LogP contribution in [0.15, 0.2) is 29.2 Å². The highest BCUT2D eigenvalue weighted by Gasteiger charge is 2.35. The average molecular weight is 273 g/mol. The van der Waals surface area contributed by atoms with Gasteiger partial charge in [-0.3, -0.25) is 0 Å². The van der Waals surface area contributed by atoms with Crippen molar-refractivity contribution in [3.63, 3.8) is 0 Å². The van der Waals surface area contributed by atoms with Crippen molar-refractivity contribution in [2.45, 2.75) is 29.9 Å². The lowest BCUT2D eigenvalue weighted by atomic mass is 10.1. The van der Waals surface area contributed by atoms with E-state index in [4.69, 9.17) is 16.3 Å². The summed E-state index contributed by atoms with van der Waals surface area (Å²) in [5.74, 6) is 1.20. The second kappa shape index (κ2) is 6.10. The number of methoxy groups -OCH3 is 1. The van der Waals surface area contributed by atoms with Gasteiger partial charge in [-0.05, 0) is 37.0 Å². The SMILES string of the molecule is COC(C(O)CSc1cccc(Cl)c1)C1CC1. The van der Waals surface area contributed by atoms with E-state index in [0.717, 1.165) is 9.92 Å². The normalized spacial score (nSPS) is 19.0. The van der Waals surface area contributed by atoms with E-state index in [9.17, 15) is 5.11 Å². The smallest absolute Gasteiger partial charge is 0.0898 e. The van der Waals surface area contributed by atoms with Gasteiger partial charge in [0.05, 0.1) is 12.2 Å². The number of halogens is 1. The Balaban J connectivity index is 1.84. The van der Waals surface area contributed by atoms with Gasteiger partial charge in [0.2, 0.25) is 0 Å². The molecular weight excluding hydrogens is 256 g/mol. The Hall–Kier alpha value is -0.220. The predicted octanol–water partition coefficient (Wildman–Crippen LogP) is 3.22. The van der Waals surface area contributed by atoms with Crippen LogP contribution in [0, 0.1) is 5.92 Å². The van der Waals surface area contributed by atoms with Gasteiger partial charge in [-0.25, -0.2) is 0 Å². The molecule has 1 aliphatic rings. The Kier molecular flexibility index (Phi) is 4.74. The van der Waals surface area contributed by atoms with Crippen molar-refractivity contribution >= 4 is 23.4 Å². The molecule has 2 unspecified atom stereocenters. The van der Waals surface area contributed by atoms with E-state index >= 15 is 0 Å². The molecule has 1 N–H and O–H groups in total. The molecule has 2 nitrogen and oxygen atoms in total. The van der Waals surface area contributed by atoms with Gasteiger partial charge in [0, 0.05) is 22.8 Å². The lowest BCUT2D eigenvalue weighted by Gasteiger charge is -2.20. The molecule has 0 aromatic heterocycles. The third kappa shape index (κ3) is 3.88. The molecule has 2 atom stereocenters. The molecule has 1 aliphatic carbocycles. The molecule has 0 heterocycles. The maximum absolute atomic E-state index is 10.1. The molecule has 0 bridgehead atoms. The summed E-state index contributed by atoms with van der Waals surface area (Å²) < 4.78 is 5.36. The molecule has 1 aromatic carbocycles. The number of aliphatic hydroxyl groups is 1. The highest BCUT2D eigenvalue weighted by Crippen LogP contribution is 2.36. The number of ether oxygens (including phenoxy) is 1. The molecule has 94 valence electrons. The molecule has 0 amide bonds. The molecule has 1 aromatic rings. The molecule has 2 rings (SSSR count). The van der Waals surface area contributed by atoms with Crippen molar-refractivity contribution in [3.05, 3.63) is 29.3 Å². The zero-order valence-corrected chi connectivity index (χ0v) is 11.4. The molecule has 4 heteroatoms. The summed E-state index contributed by atoms with van der Waals surface area (Å²) in [4.78, 5) is 1.09. The van der Waals surface area contributed by atoms with E-state index in [1.54, 1.807) is 18.9 Å². The van der Waals surface area contributed by atoms with Crippen LogP contribution in [0.2, 0.25) is 5.02 Å². The first kappa shape index (κ1) is 13.2. The summed E-state index contributed by atoms with van der Waals surface area (Å²) in [6, 6.07) is 7.69. The minimum Gasteiger partial charge on any atom is -0.390 e. The van der Waals surface area contributed by atoms with Crippen LogP contribution < -0.4 is 0 Å². The first-order valence-corrected chi connectivity index (χ1v) is 7.16.